The maximum absolute atomic E-state index is 12.8. The molecule has 1 N–H and O–H groups in total. The maximum Gasteiger partial charge on any atom is 0.416 e. The molecule has 1 heterocycles. The van der Waals surface area contributed by atoms with Crippen LogP contribution in [0.15, 0.2) is 53.1 Å². The molecule has 136 valence electrons. The van der Waals surface area contributed by atoms with Gasteiger partial charge in [-0.2, -0.15) is 18.2 Å². The molecular weight excluding hydrogens is 367 g/mol. The molecular formula is C18H15ClF3N3O. The van der Waals surface area contributed by atoms with Crippen molar-refractivity contribution in [2.45, 2.75) is 25.7 Å². The van der Waals surface area contributed by atoms with E-state index in [9.17, 15) is 13.2 Å². The number of nitrogens with one attached hydrogen (secondary N) is 1. The Labute approximate surface area is 153 Å². The van der Waals surface area contributed by atoms with Crippen molar-refractivity contribution >= 4 is 11.6 Å². The van der Waals surface area contributed by atoms with Crippen LogP contribution in [0.2, 0.25) is 5.02 Å². The average molecular weight is 382 g/mol. The molecule has 3 aromatic rings. The Hall–Kier alpha value is -2.38. The molecule has 2 aromatic carbocycles. The Kier molecular flexibility index (Phi) is 5.29. The summed E-state index contributed by atoms with van der Waals surface area (Å²) in [6.07, 6.45) is -4.42. The molecule has 0 fully saturated rings. The molecule has 26 heavy (non-hydrogen) atoms. The molecule has 0 amide bonds. The fraction of sp³-hybridized carbons (Fsp3) is 0.222. The van der Waals surface area contributed by atoms with Crippen molar-refractivity contribution in [3.8, 4) is 11.4 Å². The van der Waals surface area contributed by atoms with Crippen molar-refractivity contribution in [1.29, 1.82) is 0 Å². The number of alkyl halides is 3. The van der Waals surface area contributed by atoms with Crippen LogP contribution < -0.4 is 5.32 Å². The smallest absolute Gasteiger partial charge is 0.338 e. The summed E-state index contributed by atoms with van der Waals surface area (Å²) in [6, 6.07) is 12.2. The highest BCUT2D eigenvalue weighted by atomic mass is 35.5. The molecule has 0 aliphatic heterocycles. The van der Waals surface area contributed by atoms with Crippen molar-refractivity contribution in [2.24, 2.45) is 0 Å². The molecule has 0 bridgehead atoms. The van der Waals surface area contributed by atoms with Crippen LogP contribution in [0.5, 0.6) is 0 Å². The SMILES string of the molecule is CC(NCc1nc(-c2cccc(C(F)(F)F)c2)no1)c1cccc(Cl)c1. The summed E-state index contributed by atoms with van der Waals surface area (Å²) in [5.74, 6) is 0.398. The van der Waals surface area contributed by atoms with Crippen molar-refractivity contribution in [3.63, 3.8) is 0 Å². The van der Waals surface area contributed by atoms with Crippen molar-refractivity contribution in [2.75, 3.05) is 0 Å². The van der Waals surface area contributed by atoms with Crippen molar-refractivity contribution in [1.82, 2.24) is 15.5 Å². The van der Waals surface area contributed by atoms with Gasteiger partial charge in [-0.3, -0.25) is 0 Å². The quantitative estimate of drug-likeness (QED) is 0.655. The first-order chi connectivity index (χ1) is 12.3. The van der Waals surface area contributed by atoms with Crippen molar-refractivity contribution in [3.05, 3.63) is 70.6 Å². The predicted molar refractivity (Wildman–Crippen MR) is 91.4 cm³/mol. The number of nitrogens with zero attached hydrogens (tertiary/aromatic N) is 2. The largest absolute Gasteiger partial charge is 0.416 e. The molecule has 1 unspecified atom stereocenters. The Bertz CT molecular complexity index is 895. The summed E-state index contributed by atoms with van der Waals surface area (Å²) in [5.41, 5.74) is 0.488. The Morgan fingerprint density at radius 1 is 1.15 bits per heavy atom. The second-order valence-corrected chi connectivity index (χ2v) is 6.18. The molecule has 4 nitrogen and oxygen atoms in total. The predicted octanol–water partition coefficient (Wildman–Crippen LogP) is 5.26. The van der Waals surface area contributed by atoms with Gasteiger partial charge in [0.25, 0.3) is 0 Å². The van der Waals surface area contributed by atoms with E-state index in [1.54, 1.807) is 6.07 Å². The maximum atomic E-state index is 12.8. The lowest BCUT2D eigenvalue weighted by molar-refractivity contribution is -0.137. The topological polar surface area (TPSA) is 51.0 Å². The number of benzene rings is 2. The fourth-order valence-corrected chi connectivity index (χ4v) is 2.61. The molecule has 1 aromatic heterocycles. The van der Waals surface area contributed by atoms with Gasteiger partial charge in [0.2, 0.25) is 11.7 Å². The van der Waals surface area contributed by atoms with E-state index in [1.165, 1.54) is 12.1 Å². The van der Waals surface area contributed by atoms with Gasteiger partial charge >= 0.3 is 6.18 Å². The normalized spacial score (nSPS) is 13.0. The van der Waals surface area contributed by atoms with Crippen LogP contribution >= 0.6 is 11.6 Å². The van der Waals surface area contributed by atoms with Gasteiger partial charge in [0.05, 0.1) is 12.1 Å². The van der Waals surface area contributed by atoms with Crippen LogP contribution in [0.3, 0.4) is 0 Å². The summed E-state index contributed by atoms with van der Waals surface area (Å²) >= 11 is 5.97. The second-order valence-electron chi connectivity index (χ2n) is 5.75. The van der Waals surface area contributed by atoms with Gasteiger partial charge in [0, 0.05) is 16.6 Å². The van der Waals surface area contributed by atoms with Crippen LogP contribution in [0.1, 0.15) is 30.0 Å². The van der Waals surface area contributed by atoms with Gasteiger partial charge in [-0.15, -0.1) is 0 Å². The van der Waals surface area contributed by atoms with Gasteiger partial charge < -0.3 is 9.84 Å². The first kappa shape index (κ1) is 18.4. The van der Waals surface area contributed by atoms with E-state index < -0.39 is 11.7 Å². The first-order valence-electron chi connectivity index (χ1n) is 7.82. The van der Waals surface area contributed by atoms with E-state index in [2.05, 4.69) is 15.5 Å². The van der Waals surface area contributed by atoms with E-state index in [0.717, 1.165) is 17.7 Å². The van der Waals surface area contributed by atoms with Crippen molar-refractivity contribution < 1.29 is 17.7 Å². The zero-order valence-corrected chi connectivity index (χ0v) is 14.5. The van der Waals surface area contributed by atoms with Gasteiger partial charge in [0.1, 0.15) is 0 Å². The average Bonchev–Trinajstić information content (AvgIpc) is 3.08. The number of halogens is 4. The van der Waals surface area contributed by atoms with Crippen LogP contribution in [0.4, 0.5) is 13.2 Å². The third-order valence-corrected chi connectivity index (χ3v) is 4.06. The van der Waals surface area contributed by atoms with Crippen LogP contribution in [-0.4, -0.2) is 10.1 Å². The van der Waals surface area contributed by atoms with E-state index >= 15 is 0 Å². The zero-order chi connectivity index (χ0) is 18.7. The third kappa shape index (κ3) is 4.42. The van der Waals surface area contributed by atoms with E-state index in [0.29, 0.717) is 5.02 Å². The summed E-state index contributed by atoms with van der Waals surface area (Å²) in [5, 5.41) is 7.61. The van der Waals surface area contributed by atoms with Crippen LogP contribution in [0.25, 0.3) is 11.4 Å². The summed E-state index contributed by atoms with van der Waals surface area (Å²) in [6.45, 7) is 2.23. The number of hydrogen-bond donors (Lipinski definition) is 1. The fourth-order valence-electron chi connectivity index (χ4n) is 2.41. The number of hydrogen-bond acceptors (Lipinski definition) is 4. The molecule has 0 saturated carbocycles. The van der Waals surface area contributed by atoms with E-state index in [1.807, 2.05) is 25.1 Å². The molecule has 0 saturated heterocycles. The molecule has 8 heteroatoms. The zero-order valence-electron chi connectivity index (χ0n) is 13.7. The molecule has 1 atom stereocenters. The Balaban J connectivity index is 1.69. The molecule has 3 rings (SSSR count). The minimum atomic E-state index is -4.42. The van der Waals surface area contributed by atoms with E-state index in [4.69, 9.17) is 16.1 Å². The summed E-state index contributed by atoms with van der Waals surface area (Å²) < 4.78 is 43.5. The van der Waals surface area contributed by atoms with Gasteiger partial charge in [-0.1, -0.05) is 41.0 Å². The van der Waals surface area contributed by atoms with Gasteiger partial charge in [-0.25, -0.2) is 0 Å². The lowest BCUT2D eigenvalue weighted by atomic mass is 10.1. The van der Waals surface area contributed by atoms with Gasteiger partial charge in [-0.05, 0) is 36.8 Å². The van der Waals surface area contributed by atoms with Crippen LogP contribution in [0, 0.1) is 0 Å². The lowest BCUT2D eigenvalue weighted by Gasteiger charge is -2.12. The minimum Gasteiger partial charge on any atom is -0.338 e. The Morgan fingerprint density at radius 2 is 1.92 bits per heavy atom. The molecule has 0 radical (unpaired) electrons. The molecule has 0 spiro atoms. The minimum absolute atomic E-state index is 0.0161. The highest BCUT2D eigenvalue weighted by molar-refractivity contribution is 6.30. The summed E-state index contributed by atoms with van der Waals surface area (Å²) in [7, 11) is 0. The number of aromatic nitrogens is 2. The van der Waals surface area contributed by atoms with Gasteiger partial charge in [0.15, 0.2) is 0 Å². The highest BCUT2D eigenvalue weighted by Gasteiger charge is 2.30. The lowest BCUT2D eigenvalue weighted by Crippen LogP contribution is -2.18. The standard InChI is InChI=1S/C18H15ClF3N3O/c1-11(12-4-3-7-15(19)9-12)23-10-16-24-17(25-26-16)13-5-2-6-14(8-13)18(20,21)22/h2-9,11,23H,10H2,1H3. The first-order valence-corrected chi connectivity index (χ1v) is 8.20. The monoisotopic (exact) mass is 381 g/mol. The highest BCUT2D eigenvalue weighted by Crippen LogP contribution is 2.31. The molecule has 0 aliphatic rings. The molecule has 0 aliphatic carbocycles. The third-order valence-electron chi connectivity index (χ3n) is 3.82. The van der Waals surface area contributed by atoms with Crippen LogP contribution in [-0.2, 0) is 12.7 Å². The number of rotatable bonds is 5. The summed E-state index contributed by atoms with van der Waals surface area (Å²) in [4.78, 5) is 4.15. The second kappa shape index (κ2) is 7.47. The Morgan fingerprint density at radius 3 is 2.65 bits per heavy atom. The van der Waals surface area contributed by atoms with E-state index in [-0.39, 0.29) is 29.9 Å².